The monoisotopic (exact) mass is 512 g/mol. The number of hydrogen-bond acceptors (Lipinski definition) is 7. The van der Waals surface area contributed by atoms with Gasteiger partial charge in [0.15, 0.2) is 0 Å². The first-order valence-electron chi connectivity index (χ1n) is 11.8. The fourth-order valence-corrected chi connectivity index (χ4v) is 4.29. The molecule has 8 nitrogen and oxygen atoms in total. The summed E-state index contributed by atoms with van der Waals surface area (Å²) in [6, 6.07) is 9.88. The molecule has 1 fully saturated rings. The summed E-state index contributed by atoms with van der Waals surface area (Å²) < 4.78 is 44.3. The molecule has 0 unspecified atom stereocenters. The Morgan fingerprint density at radius 2 is 1.84 bits per heavy atom. The van der Waals surface area contributed by atoms with Crippen molar-refractivity contribution >= 4 is 23.3 Å². The third-order valence-corrected chi connectivity index (χ3v) is 6.29. The number of alkyl halides is 3. The maximum absolute atomic E-state index is 13.1. The molecule has 3 aromatic rings. The zero-order valence-electron chi connectivity index (χ0n) is 20.2. The largest absolute Gasteiger partial charge is 0.496 e. The molecule has 1 aromatic heterocycles. The van der Waals surface area contributed by atoms with E-state index in [-0.39, 0.29) is 35.4 Å². The van der Waals surface area contributed by atoms with E-state index < -0.39 is 17.6 Å². The van der Waals surface area contributed by atoms with Gasteiger partial charge in [-0.05, 0) is 36.6 Å². The molecule has 0 radical (unpaired) electrons. The Balaban J connectivity index is 1.46. The van der Waals surface area contributed by atoms with Crippen molar-refractivity contribution in [2.75, 3.05) is 18.2 Å². The standard InChI is InChI=1S/C26H27F3N6O2/c1-37-20-11-10-17(26(27,28)29)12-19(20)25(36)32-13-15-6-8-16(9-7-15)22(30)21-23(31)33-14-34-24(21)35-18-4-2-3-5-18/h6-12,14,18,30H,2-5,13H2,1H3,(H,32,36)(H3,31,33,34,35). The van der Waals surface area contributed by atoms with Crippen LogP contribution in [0.2, 0.25) is 0 Å². The summed E-state index contributed by atoms with van der Waals surface area (Å²) in [5.74, 6) is 0.0678. The van der Waals surface area contributed by atoms with Crippen molar-refractivity contribution in [1.82, 2.24) is 15.3 Å². The Labute approximate surface area is 212 Å². The van der Waals surface area contributed by atoms with Crippen LogP contribution in [0.15, 0.2) is 48.8 Å². The summed E-state index contributed by atoms with van der Waals surface area (Å²) in [6.07, 6.45) is 1.13. The van der Waals surface area contributed by atoms with Crippen LogP contribution in [0.1, 0.15) is 58.3 Å². The van der Waals surface area contributed by atoms with E-state index in [4.69, 9.17) is 15.9 Å². The van der Waals surface area contributed by atoms with Crippen LogP contribution in [-0.2, 0) is 12.7 Å². The van der Waals surface area contributed by atoms with Crippen LogP contribution < -0.4 is 21.1 Å². The summed E-state index contributed by atoms with van der Waals surface area (Å²) in [7, 11) is 1.28. The molecule has 2 aromatic carbocycles. The molecule has 37 heavy (non-hydrogen) atoms. The molecule has 0 aliphatic heterocycles. The molecule has 5 N–H and O–H groups in total. The van der Waals surface area contributed by atoms with E-state index in [2.05, 4.69) is 20.6 Å². The molecule has 1 aliphatic carbocycles. The van der Waals surface area contributed by atoms with Gasteiger partial charge < -0.3 is 21.1 Å². The van der Waals surface area contributed by atoms with Gasteiger partial charge in [0, 0.05) is 18.2 Å². The molecular formula is C26H27F3N6O2. The first-order valence-corrected chi connectivity index (χ1v) is 11.8. The number of rotatable bonds is 8. The SMILES string of the molecule is COc1ccc(C(F)(F)F)cc1C(=O)NCc1ccc(C(=N)c2c(N)ncnc2NC2CCCC2)cc1. The zero-order valence-corrected chi connectivity index (χ0v) is 20.2. The topological polar surface area (TPSA) is 126 Å². The quantitative estimate of drug-likeness (QED) is 0.322. The van der Waals surface area contributed by atoms with Crippen molar-refractivity contribution in [3.05, 3.63) is 76.6 Å². The molecule has 1 saturated carbocycles. The summed E-state index contributed by atoms with van der Waals surface area (Å²) >= 11 is 0. The van der Waals surface area contributed by atoms with Gasteiger partial charge >= 0.3 is 6.18 Å². The number of ether oxygens (including phenoxy) is 1. The van der Waals surface area contributed by atoms with Crippen molar-refractivity contribution in [3.63, 3.8) is 0 Å². The van der Waals surface area contributed by atoms with Crippen LogP contribution in [0.25, 0.3) is 0 Å². The number of methoxy groups -OCH3 is 1. The van der Waals surface area contributed by atoms with E-state index in [1.165, 1.54) is 13.4 Å². The molecule has 0 saturated heterocycles. The Bertz CT molecular complexity index is 1290. The second-order valence-corrected chi connectivity index (χ2v) is 8.78. The van der Waals surface area contributed by atoms with E-state index in [0.717, 1.165) is 43.9 Å². The van der Waals surface area contributed by atoms with Crippen molar-refractivity contribution < 1.29 is 22.7 Å². The van der Waals surface area contributed by atoms with E-state index in [1.807, 2.05) is 0 Å². The molecule has 0 bridgehead atoms. The van der Waals surface area contributed by atoms with Crippen LogP contribution in [0.4, 0.5) is 24.8 Å². The van der Waals surface area contributed by atoms with Crippen molar-refractivity contribution in [1.29, 1.82) is 5.41 Å². The molecule has 1 heterocycles. The van der Waals surface area contributed by atoms with Crippen LogP contribution in [0.3, 0.4) is 0 Å². The maximum atomic E-state index is 13.1. The lowest BCUT2D eigenvalue weighted by molar-refractivity contribution is -0.137. The van der Waals surface area contributed by atoms with E-state index in [0.29, 0.717) is 22.5 Å². The highest BCUT2D eigenvalue weighted by Crippen LogP contribution is 2.32. The highest BCUT2D eigenvalue weighted by atomic mass is 19.4. The lowest BCUT2D eigenvalue weighted by Gasteiger charge is -2.17. The molecule has 1 aliphatic rings. The molecular weight excluding hydrogens is 485 g/mol. The lowest BCUT2D eigenvalue weighted by Crippen LogP contribution is -2.24. The third kappa shape index (κ3) is 5.99. The Hall–Kier alpha value is -4.15. The van der Waals surface area contributed by atoms with Gasteiger partial charge in [-0.15, -0.1) is 0 Å². The van der Waals surface area contributed by atoms with Crippen LogP contribution >= 0.6 is 0 Å². The maximum Gasteiger partial charge on any atom is 0.416 e. The number of carbonyl (C=O) groups excluding carboxylic acids is 1. The lowest BCUT2D eigenvalue weighted by atomic mass is 10.0. The molecule has 0 atom stereocenters. The molecule has 11 heteroatoms. The summed E-state index contributed by atoms with van der Waals surface area (Å²) in [5, 5.41) is 14.7. The van der Waals surface area contributed by atoms with Gasteiger partial charge in [0.05, 0.1) is 29.5 Å². The fraction of sp³-hybridized carbons (Fsp3) is 0.308. The first kappa shape index (κ1) is 25.9. The molecule has 194 valence electrons. The number of nitrogens with zero attached hydrogens (tertiary/aromatic N) is 2. The zero-order chi connectivity index (χ0) is 26.6. The average Bonchev–Trinajstić information content (AvgIpc) is 3.39. The van der Waals surface area contributed by atoms with Crippen molar-refractivity contribution in [2.45, 2.75) is 44.4 Å². The highest BCUT2D eigenvalue weighted by molar-refractivity contribution is 6.16. The number of halogens is 3. The number of nitrogen functional groups attached to an aromatic ring is 1. The van der Waals surface area contributed by atoms with E-state index >= 15 is 0 Å². The van der Waals surface area contributed by atoms with Crippen molar-refractivity contribution in [2.24, 2.45) is 0 Å². The first-order chi connectivity index (χ1) is 17.7. The van der Waals surface area contributed by atoms with Gasteiger partial charge in [0.2, 0.25) is 0 Å². The third-order valence-electron chi connectivity index (χ3n) is 6.29. The smallest absolute Gasteiger partial charge is 0.416 e. The van der Waals surface area contributed by atoms with Crippen LogP contribution in [-0.4, -0.2) is 34.7 Å². The number of aromatic nitrogens is 2. The number of carbonyl (C=O) groups is 1. The number of nitrogens with one attached hydrogen (secondary N) is 3. The van der Waals surface area contributed by atoms with Gasteiger partial charge in [0.25, 0.3) is 5.91 Å². The molecule has 1 amide bonds. The number of anilines is 2. The minimum atomic E-state index is -4.58. The normalized spacial score (nSPS) is 13.8. The second kappa shape index (κ2) is 10.9. The summed E-state index contributed by atoms with van der Waals surface area (Å²) in [4.78, 5) is 21.0. The summed E-state index contributed by atoms with van der Waals surface area (Å²) in [6.45, 7) is 0.0664. The van der Waals surface area contributed by atoms with E-state index in [9.17, 15) is 18.0 Å². The van der Waals surface area contributed by atoms with Gasteiger partial charge in [-0.3, -0.25) is 10.2 Å². The van der Waals surface area contributed by atoms with Crippen LogP contribution in [0, 0.1) is 5.41 Å². The Morgan fingerprint density at radius 1 is 1.14 bits per heavy atom. The number of benzene rings is 2. The fourth-order valence-electron chi connectivity index (χ4n) is 4.29. The minimum Gasteiger partial charge on any atom is -0.496 e. The number of hydrogen-bond donors (Lipinski definition) is 4. The minimum absolute atomic E-state index is 0.0407. The average molecular weight is 513 g/mol. The predicted octanol–water partition coefficient (Wildman–Crippen LogP) is 4.79. The highest BCUT2D eigenvalue weighted by Gasteiger charge is 2.32. The van der Waals surface area contributed by atoms with Gasteiger partial charge in [-0.2, -0.15) is 13.2 Å². The molecule has 0 spiro atoms. The Morgan fingerprint density at radius 3 is 2.49 bits per heavy atom. The van der Waals surface area contributed by atoms with Crippen molar-refractivity contribution in [3.8, 4) is 5.75 Å². The summed E-state index contributed by atoms with van der Waals surface area (Å²) in [5.41, 5.74) is 6.80. The van der Waals surface area contributed by atoms with Gasteiger partial charge in [-0.25, -0.2) is 9.97 Å². The predicted molar refractivity (Wildman–Crippen MR) is 134 cm³/mol. The second-order valence-electron chi connectivity index (χ2n) is 8.78. The van der Waals surface area contributed by atoms with E-state index in [1.54, 1.807) is 24.3 Å². The Kier molecular flexibility index (Phi) is 7.61. The van der Waals surface area contributed by atoms with Gasteiger partial charge in [0.1, 0.15) is 23.7 Å². The number of amides is 1. The number of nitrogens with two attached hydrogens (primary N) is 1. The van der Waals surface area contributed by atoms with Gasteiger partial charge in [-0.1, -0.05) is 37.1 Å². The van der Waals surface area contributed by atoms with Crippen LogP contribution in [0.5, 0.6) is 5.75 Å². The molecule has 4 rings (SSSR count).